The van der Waals surface area contributed by atoms with Crippen LogP contribution in [0.4, 0.5) is 0 Å². The highest BCUT2D eigenvalue weighted by Gasteiger charge is 2.14. The van der Waals surface area contributed by atoms with Crippen molar-refractivity contribution in [2.75, 3.05) is 0 Å². The monoisotopic (exact) mass is 271 g/mol. The molecule has 0 radical (unpaired) electrons. The number of carboxylic acid groups (broad SMARTS) is 1. The van der Waals surface area contributed by atoms with E-state index >= 15 is 0 Å². The summed E-state index contributed by atoms with van der Waals surface area (Å²) in [5.41, 5.74) is 2.99. The molecule has 0 aliphatic carbocycles. The molecule has 6 heteroatoms. The Morgan fingerprint density at radius 1 is 1.40 bits per heavy atom. The molecular weight excluding hydrogens is 258 g/mol. The van der Waals surface area contributed by atoms with Crippen LogP contribution in [0, 0.1) is 0 Å². The van der Waals surface area contributed by atoms with Crippen LogP contribution in [0.15, 0.2) is 28.7 Å². The van der Waals surface area contributed by atoms with Gasteiger partial charge in [0.1, 0.15) is 11.2 Å². The van der Waals surface area contributed by atoms with Gasteiger partial charge >= 0.3 is 5.97 Å². The highest BCUT2D eigenvalue weighted by atomic mass is 16.4. The van der Waals surface area contributed by atoms with Crippen LogP contribution < -0.4 is 0 Å². The number of aromatic carboxylic acids is 1. The SMILES string of the molecule is CCc1cc(-c2nc3ccc(C(=O)O)cc3o2)n(C)n1. The third kappa shape index (κ3) is 1.95. The number of carbonyl (C=O) groups is 1. The number of rotatable bonds is 3. The first kappa shape index (κ1) is 12.4. The predicted molar refractivity (Wildman–Crippen MR) is 72.5 cm³/mol. The van der Waals surface area contributed by atoms with Crippen molar-refractivity contribution in [3.63, 3.8) is 0 Å². The summed E-state index contributed by atoms with van der Waals surface area (Å²) in [6.07, 6.45) is 0.831. The predicted octanol–water partition coefficient (Wildman–Crippen LogP) is 2.49. The maximum absolute atomic E-state index is 10.9. The molecule has 0 spiro atoms. The molecule has 1 aromatic carbocycles. The van der Waals surface area contributed by atoms with Gasteiger partial charge in [-0.05, 0) is 30.7 Å². The number of hydrogen-bond donors (Lipinski definition) is 1. The molecule has 1 N–H and O–H groups in total. The lowest BCUT2D eigenvalue weighted by Gasteiger charge is -1.94. The molecule has 20 heavy (non-hydrogen) atoms. The van der Waals surface area contributed by atoms with E-state index in [4.69, 9.17) is 9.52 Å². The van der Waals surface area contributed by atoms with E-state index in [1.807, 2.05) is 20.0 Å². The molecule has 0 atom stereocenters. The van der Waals surface area contributed by atoms with Crippen LogP contribution in [-0.4, -0.2) is 25.8 Å². The lowest BCUT2D eigenvalue weighted by Crippen LogP contribution is -1.94. The van der Waals surface area contributed by atoms with Crippen molar-refractivity contribution in [3.8, 4) is 11.6 Å². The summed E-state index contributed by atoms with van der Waals surface area (Å²) >= 11 is 0. The first-order valence-corrected chi connectivity index (χ1v) is 6.25. The normalized spacial score (nSPS) is 11.1. The van der Waals surface area contributed by atoms with Gasteiger partial charge in [-0.25, -0.2) is 9.78 Å². The summed E-state index contributed by atoms with van der Waals surface area (Å²) in [4.78, 5) is 15.3. The molecule has 0 bridgehead atoms. The molecule has 0 saturated heterocycles. The number of carboxylic acids is 1. The summed E-state index contributed by atoms with van der Waals surface area (Å²) in [7, 11) is 1.83. The van der Waals surface area contributed by atoms with E-state index < -0.39 is 5.97 Å². The van der Waals surface area contributed by atoms with Gasteiger partial charge in [-0.2, -0.15) is 5.10 Å². The molecule has 0 aliphatic rings. The van der Waals surface area contributed by atoms with Gasteiger partial charge in [0.25, 0.3) is 0 Å². The lowest BCUT2D eigenvalue weighted by molar-refractivity contribution is 0.0697. The van der Waals surface area contributed by atoms with Crippen molar-refractivity contribution in [3.05, 3.63) is 35.5 Å². The molecule has 2 aromatic heterocycles. The highest BCUT2D eigenvalue weighted by molar-refractivity contribution is 5.92. The van der Waals surface area contributed by atoms with E-state index in [1.54, 1.807) is 10.7 Å². The van der Waals surface area contributed by atoms with Crippen molar-refractivity contribution in [1.82, 2.24) is 14.8 Å². The van der Waals surface area contributed by atoms with E-state index in [9.17, 15) is 4.79 Å². The smallest absolute Gasteiger partial charge is 0.335 e. The molecule has 102 valence electrons. The van der Waals surface area contributed by atoms with E-state index in [1.165, 1.54) is 12.1 Å². The summed E-state index contributed by atoms with van der Waals surface area (Å²) in [5.74, 6) is -0.545. The van der Waals surface area contributed by atoms with E-state index in [2.05, 4.69) is 10.1 Å². The fourth-order valence-corrected chi connectivity index (χ4v) is 2.07. The molecule has 6 nitrogen and oxygen atoms in total. The molecule has 3 rings (SSSR count). The summed E-state index contributed by atoms with van der Waals surface area (Å²) < 4.78 is 7.36. The zero-order valence-corrected chi connectivity index (χ0v) is 11.1. The second-order valence-electron chi connectivity index (χ2n) is 4.50. The Bertz CT molecular complexity index is 801. The second kappa shape index (κ2) is 4.48. The maximum atomic E-state index is 10.9. The number of oxazole rings is 1. The zero-order valence-electron chi connectivity index (χ0n) is 11.1. The zero-order chi connectivity index (χ0) is 14.3. The quantitative estimate of drug-likeness (QED) is 0.791. The lowest BCUT2D eigenvalue weighted by atomic mass is 10.2. The number of aromatic nitrogens is 3. The fourth-order valence-electron chi connectivity index (χ4n) is 2.07. The number of hydrogen-bond acceptors (Lipinski definition) is 4. The second-order valence-corrected chi connectivity index (χ2v) is 4.50. The first-order chi connectivity index (χ1) is 9.58. The average molecular weight is 271 g/mol. The molecular formula is C14H13N3O3. The number of aryl methyl sites for hydroxylation is 2. The summed E-state index contributed by atoms with van der Waals surface area (Å²) in [5, 5.41) is 13.3. The maximum Gasteiger partial charge on any atom is 0.335 e. The third-order valence-corrected chi connectivity index (χ3v) is 3.15. The van der Waals surface area contributed by atoms with Gasteiger partial charge in [0.2, 0.25) is 5.89 Å². The van der Waals surface area contributed by atoms with E-state index in [0.29, 0.717) is 17.0 Å². The van der Waals surface area contributed by atoms with Gasteiger partial charge in [0.05, 0.1) is 11.3 Å². The minimum absolute atomic E-state index is 0.180. The Balaban J connectivity index is 2.12. The molecule has 0 saturated carbocycles. The van der Waals surface area contributed by atoms with Gasteiger partial charge in [-0.3, -0.25) is 4.68 Å². The molecule has 0 fully saturated rings. The molecule has 0 unspecified atom stereocenters. The number of nitrogens with zero attached hydrogens (tertiary/aromatic N) is 3. The standard InChI is InChI=1S/C14H13N3O3/c1-3-9-7-11(17(2)16-9)13-15-10-5-4-8(14(18)19)6-12(10)20-13/h4-7H,3H2,1-2H3,(H,18,19). The fraction of sp³-hybridized carbons (Fsp3) is 0.214. The Morgan fingerprint density at radius 2 is 2.20 bits per heavy atom. The third-order valence-electron chi connectivity index (χ3n) is 3.15. The Morgan fingerprint density at radius 3 is 2.85 bits per heavy atom. The minimum Gasteiger partial charge on any atom is -0.478 e. The Hall–Kier alpha value is -2.63. The largest absolute Gasteiger partial charge is 0.478 e. The van der Waals surface area contributed by atoms with E-state index in [0.717, 1.165) is 17.8 Å². The van der Waals surface area contributed by atoms with Crippen LogP contribution >= 0.6 is 0 Å². The van der Waals surface area contributed by atoms with Crippen LogP contribution in [0.25, 0.3) is 22.7 Å². The van der Waals surface area contributed by atoms with Crippen LogP contribution in [0.1, 0.15) is 23.0 Å². The molecule has 2 heterocycles. The highest BCUT2D eigenvalue weighted by Crippen LogP contribution is 2.25. The van der Waals surface area contributed by atoms with Gasteiger partial charge in [-0.1, -0.05) is 6.92 Å². The topological polar surface area (TPSA) is 81.1 Å². The van der Waals surface area contributed by atoms with E-state index in [-0.39, 0.29) is 5.56 Å². The van der Waals surface area contributed by atoms with Crippen LogP contribution in [0.2, 0.25) is 0 Å². The average Bonchev–Trinajstić information content (AvgIpc) is 3.00. The van der Waals surface area contributed by atoms with Gasteiger partial charge in [-0.15, -0.1) is 0 Å². The Labute approximate surface area is 114 Å². The molecule has 3 aromatic rings. The van der Waals surface area contributed by atoms with Crippen LogP contribution in [0.3, 0.4) is 0 Å². The summed E-state index contributed by atoms with van der Waals surface area (Å²) in [6, 6.07) is 6.55. The number of benzene rings is 1. The van der Waals surface area contributed by atoms with Crippen molar-refractivity contribution >= 4 is 17.1 Å². The first-order valence-electron chi connectivity index (χ1n) is 6.25. The Kier molecular flexibility index (Phi) is 2.78. The van der Waals surface area contributed by atoms with Crippen LogP contribution in [-0.2, 0) is 13.5 Å². The number of fused-ring (bicyclic) bond motifs is 1. The van der Waals surface area contributed by atoms with Gasteiger partial charge < -0.3 is 9.52 Å². The summed E-state index contributed by atoms with van der Waals surface area (Å²) in [6.45, 7) is 2.03. The van der Waals surface area contributed by atoms with Crippen molar-refractivity contribution in [1.29, 1.82) is 0 Å². The minimum atomic E-state index is -0.987. The van der Waals surface area contributed by atoms with Crippen molar-refractivity contribution in [2.24, 2.45) is 7.05 Å². The van der Waals surface area contributed by atoms with Gasteiger partial charge in [0.15, 0.2) is 5.58 Å². The van der Waals surface area contributed by atoms with Gasteiger partial charge in [0, 0.05) is 7.05 Å². The molecule has 0 aliphatic heterocycles. The molecule has 0 amide bonds. The van der Waals surface area contributed by atoms with Crippen LogP contribution in [0.5, 0.6) is 0 Å². The van der Waals surface area contributed by atoms with Crippen molar-refractivity contribution in [2.45, 2.75) is 13.3 Å². The van der Waals surface area contributed by atoms with Crippen molar-refractivity contribution < 1.29 is 14.3 Å².